The highest BCUT2D eigenvalue weighted by atomic mass is 14.9. The maximum absolute atomic E-state index is 3.57. The van der Waals surface area contributed by atoms with Crippen LogP contribution in [-0.4, -0.2) is 12.6 Å². The summed E-state index contributed by atoms with van der Waals surface area (Å²) in [6.45, 7) is 5.75. The Kier molecular flexibility index (Phi) is 3.16. The highest BCUT2D eigenvalue weighted by Gasteiger charge is 2.43. The molecule has 0 unspecified atom stereocenters. The molecule has 0 aromatic carbocycles. The van der Waals surface area contributed by atoms with Gasteiger partial charge in [-0.05, 0) is 43.6 Å². The van der Waals surface area contributed by atoms with Crippen LogP contribution in [0.3, 0.4) is 0 Å². The van der Waals surface area contributed by atoms with Crippen molar-refractivity contribution in [3.8, 4) is 0 Å². The van der Waals surface area contributed by atoms with Crippen LogP contribution in [0.1, 0.15) is 58.8 Å². The van der Waals surface area contributed by atoms with Crippen LogP contribution in [0.15, 0.2) is 0 Å². The molecule has 0 heterocycles. The number of rotatable bonds is 3. The van der Waals surface area contributed by atoms with Crippen molar-refractivity contribution >= 4 is 0 Å². The summed E-state index contributed by atoms with van der Waals surface area (Å²) in [5.41, 5.74) is 0.821. The molecular formula is C13H25N. The van der Waals surface area contributed by atoms with E-state index in [0.29, 0.717) is 6.04 Å². The smallest absolute Gasteiger partial charge is 0.00104 e. The van der Waals surface area contributed by atoms with Gasteiger partial charge in [0.15, 0.2) is 0 Å². The van der Waals surface area contributed by atoms with E-state index in [0.717, 1.165) is 11.3 Å². The lowest BCUT2D eigenvalue weighted by atomic mass is 9.56. The van der Waals surface area contributed by atoms with Crippen molar-refractivity contribution in [2.45, 2.75) is 64.8 Å². The Morgan fingerprint density at radius 3 is 2.36 bits per heavy atom. The lowest BCUT2D eigenvalue weighted by Gasteiger charge is -2.50. The van der Waals surface area contributed by atoms with Crippen LogP contribution in [0.4, 0.5) is 0 Å². The first kappa shape index (κ1) is 10.5. The fourth-order valence-corrected chi connectivity index (χ4v) is 3.42. The third kappa shape index (κ3) is 2.31. The summed E-state index contributed by atoms with van der Waals surface area (Å²) in [6.07, 6.45) is 10.6. The summed E-state index contributed by atoms with van der Waals surface area (Å²) in [7, 11) is 0. The molecule has 0 amide bonds. The summed E-state index contributed by atoms with van der Waals surface area (Å²) < 4.78 is 0. The lowest BCUT2D eigenvalue weighted by Crippen LogP contribution is -2.44. The quantitative estimate of drug-likeness (QED) is 0.728. The second-order valence-corrected chi connectivity index (χ2v) is 5.90. The Labute approximate surface area is 88.7 Å². The molecule has 1 N–H and O–H groups in total. The van der Waals surface area contributed by atoms with Gasteiger partial charge in [-0.1, -0.05) is 33.1 Å². The van der Waals surface area contributed by atoms with Gasteiger partial charge in [-0.25, -0.2) is 0 Å². The van der Waals surface area contributed by atoms with E-state index in [1.807, 2.05) is 0 Å². The van der Waals surface area contributed by atoms with Crippen LogP contribution in [0.5, 0.6) is 0 Å². The fraction of sp³-hybridized carbons (Fsp3) is 1.00. The second kappa shape index (κ2) is 4.22. The van der Waals surface area contributed by atoms with Crippen molar-refractivity contribution < 1.29 is 0 Å². The van der Waals surface area contributed by atoms with E-state index < -0.39 is 0 Å². The topological polar surface area (TPSA) is 12.0 Å². The standard InChI is InChI=1S/C13H25N/c1-11(2)14-10-12-8-13(9-12)6-4-3-5-7-13/h11-12,14H,3-10H2,1-2H3. The molecule has 0 aromatic heterocycles. The summed E-state index contributed by atoms with van der Waals surface area (Å²) in [5.74, 6) is 0.996. The Morgan fingerprint density at radius 2 is 1.79 bits per heavy atom. The zero-order chi connectivity index (χ0) is 10.0. The lowest BCUT2D eigenvalue weighted by molar-refractivity contribution is 0.0146. The zero-order valence-corrected chi connectivity index (χ0v) is 9.81. The van der Waals surface area contributed by atoms with Gasteiger partial charge < -0.3 is 5.32 Å². The minimum atomic E-state index is 0.665. The highest BCUT2D eigenvalue weighted by molar-refractivity contribution is 4.95. The molecule has 1 spiro atoms. The molecule has 0 saturated heterocycles. The van der Waals surface area contributed by atoms with E-state index in [1.165, 1.54) is 51.5 Å². The van der Waals surface area contributed by atoms with E-state index in [-0.39, 0.29) is 0 Å². The predicted octanol–water partition coefficient (Wildman–Crippen LogP) is 3.34. The van der Waals surface area contributed by atoms with Crippen LogP contribution >= 0.6 is 0 Å². The van der Waals surface area contributed by atoms with Gasteiger partial charge in [-0.2, -0.15) is 0 Å². The van der Waals surface area contributed by atoms with E-state index in [2.05, 4.69) is 19.2 Å². The summed E-state index contributed by atoms with van der Waals surface area (Å²) in [5, 5.41) is 3.57. The Balaban J connectivity index is 1.67. The Bertz CT molecular complexity index is 172. The molecule has 0 aromatic rings. The molecular weight excluding hydrogens is 170 g/mol. The molecule has 2 rings (SSSR count). The average Bonchev–Trinajstić information content (AvgIpc) is 2.12. The molecule has 2 aliphatic rings. The molecule has 0 radical (unpaired) electrons. The molecule has 0 aliphatic heterocycles. The molecule has 0 atom stereocenters. The molecule has 1 nitrogen and oxygen atoms in total. The van der Waals surface area contributed by atoms with Gasteiger partial charge in [0.25, 0.3) is 0 Å². The van der Waals surface area contributed by atoms with Crippen molar-refractivity contribution in [3.05, 3.63) is 0 Å². The van der Waals surface area contributed by atoms with Gasteiger partial charge in [0.2, 0.25) is 0 Å². The number of hydrogen-bond donors (Lipinski definition) is 1. The molecule has 14 heavy (non-hydrogen) atoms. The summed E-state index contributed by atoms with van der Waals surface area (Å²) in [6, 6.07) is 0.665. The van der Waals surface area contributed by atoms with Crippen LogP contribution in [0, 0.1) is 11.3 Å². The first-order valence-corrected chi connectivity index (χ1v) is 6.44. The molecule has 0 bridgehead atoms. The normalized spacial score (nSPS) is 26.8. The maximum Gasteiger partial charge on any atom is 0.00104 e. The Morgan fingerprint density at radius 1 is 1.14 bits per heavy atom. The van der Waals surface area contributed by atoms with E-state index in [1.54, 1.807) is 0 Å². The Hall–Kier alpha value is -0.0400. The van der Waals surface area contributed by atoms with Crippen LogP contribution in [0.2, 0.25) is 0 Å². The molecule has 2 saturated carbocycles. The predicted molar refractivity (Wildman–Crippen MR) is 61.4 cm³/mol. The van der Waals surface area contributed by atoms with Gasteiger partial charge in [0, 0.05) is 6.04 Å². The molecule has 2 fully saturated rings. The van der Waals surface area contributed by atoms with E-state index >= 15 is 0 Å². The third-order valence-corrected chi connectivity index (χ3v) is 4.17. The van der Waals surface area contributed by atoms with E-state index in [4.69, 9.17) is 0 Å². The third-order valence-electron chi connectivity index (χ3n) is 4.17. The van der Waals surface area contributed by atoms with Crippen molar-refractivity contribution in [2.75, 3.05) is 6.54 Å². The first-order chi connectivity index (χ1) is 6.70. The van der Waals surface area contributed by atoms with Gasteiger partial charge in [-0.3, -0.25) is 0 Å². The minimum absolute atomic E-state index is 0.665. The van der Waals surface area contributed by atoms with Crippen molar-refractivity contribution in [1.29, 1.82) is 0 Å². The van der Waals surface area contributed by atoms with Gasteiger partial charge in [-0.15, -0.1) is 0 Å². The summed E-state index contributed by atoms with van der Waals surface area (Å²) in [4.78, 5) is 0. The van der Waals surface area contributed by atoms with Crippen LogP contribution in [0.25, 0.3) is 0 Å². The second-order valence-electron chi connectivity index (χ2n) is 5.90. The SMILES string of the molecule is CC(C)NCC1CC2(CCCCC2)C1. The summed E-state index contributed by atoms with van der Waals surface area (Å²) >= 11 is 0. The van der Waals surface area contributed by atoms with Gasteiger partial charge in [0.1, 0.15) is 0 Å². The van der Waals surface area contributed by atoms with Crippen molar-refractivity contribution in [1.82, 2.24) is 5.32 Å². The highest BCUT2D eigenvalue weighted by Crippen LogP contribution is 2.54. The van der Waals surface area contributed by atoms with Crippen LogP contribution in [-0.2, 0) is 0 Å². The largest absolute Gasteiger partial charge is 0.314 e. The monoisotopic (exact) mass is 195 g/mol. The van der Waals surface area contributed by atoms with Gasteiger partial charge >= 0.3 is 0 Å². The van der Waals surface area contributed by atoms with E-state index in [9.17, 15) is 0 Å². The molecule has 1 heteroatoms. The van der Waals surface area contributed by atoms with Crippen molar-refractivity contribution in [2.24, 2.45) is 11.3 Å². The molecule has 2 aliphatic carbocycles. The number of nitrogens with one attached hydrogen (secondary N) is 1. The first-order valence-electron chi connectivity index (χ1n) is 6.44. The zero-order valence-electron chi connectivity index (χ0n) is 9.81. The average molecular weight is 195 g/mol. The fourth-order valence-electron chi connectivity index (χ4n) is 3.42. The van der Waals surface area contributed by atoms with Crippen LogP contribution < -0.4 is 5.32 Å². The minimum Gasteiger partial charge on any atom is -0.314 e. The van der Waals surface area contributed by atoms with Crippen molar-refractivity contribution in [3.63, 3.8) is 0 Å². The maximum atomic E-state index is 3.57. The number of hydrogen-bond acceptors (Lipinski definition) is 1. The van der Waals surface area contributed by atoms with Gasteiger partial charge in [0.05, 0.1) is 0 Å². The molecule has 82 valence electrons.